The fourth-order valence-electron chi connectivity index (χ4n) is 3.37. The Kier molecular flexibility index (Phi) is 5.31. The van der Waals surface area contributed by atoms with E-state index in [1.165, 1.54) is 0 Å². The Labute approximate surface area is 125 Å². The molecule has 1 atom stereocenters. The SMILES string of the molecule is CCCC(C)c1nnnn1CC1(C(=O)O)CCCCCC1. The number of aliphatic carboxylic acids is 1. The minimum Gasteiger partial charge on any atom is -0.481 e. The zero-order chi connectivity index (χ0) is 15.3. The predicted molar refractivity (Wildman–Crippen MR) is 78.9 cm³/mol. The van der Waals surface area contributed by atoms with E-state index in [0.29, 0.717) is 6.54 Å². The molecule has 1 aromatic heterocycles. The van der Waals surface area contributed by atoms with Crippen molar-refractivity contribution in [3.8, 4) is 0 Å². The first-order valence-electron chi connectivity index (χ1n) is 8.08. The minimum absolute atomic E-state index is 0.265. The van der Waals surface area contributed by atoms with Gasteiger partial charge >= 0.3 is 5.97 Å². The summed E-state index contributed by atoms with van der Waals surface area (Å²) in [6.07, 6.45) is 7.75. The highest BCUT2D eigenvalue weighted by atomic mass is 16.4. The fourth-order valence-corrected chi connectivity index (χ4v) is 3.37. The van der Waals surface area contributed by atoms with Crippen LogP contribution in [0.25, 0.3) is 0 Å². The maximum atomic E-state index is 11.9. The van der Waals surface area contributed by atoms with Crippen molar-refractivity contribution in [2.24, 2.45) is 5.41 Å². The molecule has 0 radical (unpaired) electrons. The lowest BCUT2D eigenvalue weighted by Crippen LogP contribution is -2.36. The third-order valence-corrected chi connectivity index (χ3v) is 4.69. The highest BCUT2D eigenvalue weighted by molar-refractivity contribution is 5.74. The van der Waals surface area contributed by atoms with Gasteiger partial charge in [0.05, 0.1) is 12.0 Å². The molecule has 1 heterocycles. The largest absolute Gasteiger partial charge is 0.481 e. The summed E-state index contributed by atoms with van der Waals surface area (Å²) in [5.41, 5.74) is -0.702. The van der Waals surface area contributed by atoms with Gasteiger partial charge < -0.3 is 5.11 Å². The van der Waals surface area contributed by atoms with Crippen LogP contribution in [0.5, 0.6) is 0 Å². The Bertz CT molecular complexity index is 464. The molecule has 1 unspecified atom stereocenters. The van der Waals surface area contributed by atoms with Gasteiger partial charge in [-0.05, 0) is 29.7 Å². The van der Waals surface area contributed by atoms with Crippen molar-refractivity contribution in [1.29, 1.82) is 0 Å². The van der Waals surface area contributed by atoms with Crippen molar-refractivity contribution in [1.82, 2.24) is 20.2 Å². The zero-order valence-electron chi connectivity index (χ0n) is 13.1. The van der Waals surface area contributed by atoms with E-state index in [1.807, 2.05) is 0 Å². The maximum absolute atomic E-state index is 11.9. The van der Waals surface area contributed by atoms with Crippen molar-refractivity contribution < 1.29 is 9.90 Å². The quantitative estimate of drug-likeness (QED) is 0.816. The Hall–Kier alpha value is -1.46. The van der Waals surface area contributed by atoms with Gasteiger partial charge in [-0.3, -0.25) is 4.79 Å². The third-order valence-electron chi connectivity index (χ3n) is 4.69. The summed E-state index contributed by atoms with van der Waals surface area (Å²) in [6, 6.07) is 0. The van der Waals surface area contributed by atoms with Crippen LogP contribution < -0.4 is 0 Å². The van der Waals surface area contributed by atoms with Crippen LogP contribution >= 0.6 is 0 Å². The fraction of sp³-hybridized carbons (Fsp3) is 0.867. The highest BCUT2D eigenvalue weighted by Crippen LogP contribution is 2.37. The van der Waals surface area contributed by atoms with Crippen molar-refractivity contribution in [3.63, 3.8) is 0 Å². The molecule has 0 aliphatic heterocycles. The lowest BCUT2D eigenvalue weighted by Gasteiger charge is -2.28. The van der Waals surface area contributed by atoms with E-state index in [4.69, 9.17) is 0 Å². The van der Waals surface area contributed by atoms with E-state index in [2.05, 4.69) is 29.4 Å². The number of carboxylic acid groups (broad SMARTS) is 1. The topological polar surface area (TPSA) is 80.9 Å². The number of nitrogens with zero attached hydrogens (tertiary/aromatic N) is 4. The molecule has 1 aliphatic rings. The molecule has 0 amide bonds. The van der Waals surface area contributed by atoms with Crippen LogP contribution in [-0.4, -0.2) is 31.3 Å². The molecule has 0 aromatic carbocycles. The van der Waals surface area contributed by atoms with Gasteiger partial charge in [-0.1, -0.05) is 46.0 Å². The first kappa shape index (κ1) is 15.9. The van der Waals surface area contributed by atoms with Gasteiger partial charge in [-0.2, -0.15) is 0 Å². The van der Waals surface area contributed by atoms with Crippen molar-refractivity contribution in [3.05, 3.63) is 5.82 Å². The average Bonchev–Trinajstić information content (AvgIpc) is 2.76. The van der Waals surface area contributed by atoms with Crippen LogP contribution in [0.15, 0.2) is 0 Å². The Balaban J connectivity index is 2.21. The molecule has 1 aromatic rings. The molecule has 6 nitrogen and oxygen atoms in total. The molecule has 6 heteroatoms. The van der Waals surface area contributed by atoms with Crippen molar-refractivity contribution >= 4 is 5.97 Å². The molecule has 1 N–H and O–H groups in total. The van der Waals surface area contributed by atoms with Gasteiger partial charge in [0.1, 0.15) is 0 Å². The van der Waals surface area contributed by atoms with Gasteiger partial charge in [-0.15, -0.1) is 5.10 Å². The van der Waals surface area contributed by atoms with Gasteiger partial charge in [0.15, 0.2) is 5.82 Å². The van der Waals surface area contributed by atoms with E-state index < -0.39 is 11.4 Å². The number of carbonyl (C=O) groups is 1. The molecule has 1 fully saturated rings. The number of carboxylic acids is 1. The standard InChI is InChI=1S/C15H26N4O2/c1-3-8-12(2)13-16-17-18-19(13)11-15(14(20)21)9-6-4-5-7-10-15/h12H,3-11H2,1-2H3,(H,20,21). The molecule has 0 bridgehead atoms. The molecular formula is C15H26N4O2. The third kappa shape index (κ3) is 3.60. The van der Waals surface area contributed by atoms with Crippen LogP contribution in [0.4, 0.5) is 0 Å². The highest BCUT2D eigenvalue weighted by Gasteiger charge is 2.40. The average molecular weight is 294 g/mol. The van der Waals surface area contributed by atoms with Gasteiger partial charge in [-0.25, -0.2) is 4.68 Å². The summed E-state index contributed by atoms with van der Waals surface area (Å²) >= 11 is 0. The van der Waals surface area contributed by atoms with Crippen LogP contribution in [0.2, 0.25) is 0 Å². The molecule has 21 heavy (non-hydrogen) atoms. The lowest BCUT2D eigenvalue weighted by atomic mass is 9.80. The first-order chi connectivity index (χ1) is 10.1. The number of hydrogen-bond donors (Lipinski definition) is 1. The smallest absolute Gasteiger partial charge is 0.311 e. The maximum Gasteiger partial charge on any atom is 0.311 e. The molecule has 1 aliphatic carbocycles. The zero-order valence-corrected chi connectivity index (χ0v) is 13.1. The summed E-state index contributed by atoms with van der Waals surface area (Å²) in [6.45, 7) is 4.64. The molecule has 118 valence electrons. The second-order valence-electron chi connectivity index (χ2n) is 6.38. The Morgan fingerprint density at radius 1 is 1.33 bits per heavy atom. The minimum atomic E-state index is -0.702. The lowest BCUT2D eigenvalue weighted by molar-refractivity contribution is -0.151. The van der Waals surface area contributed by atoms with Crippen molar-refractivity contribution in [2.75, 3.05) is 0 Å². The monoisotopic (exact) mass is 294 g/mol. The van der Waals surface area contributed by atoms with Gasteiger partial charge in [0, 0.05) is 5.92 Å². The van der Waals surface area contributed by atoms with E-state index in [0.717, 1.165) is 57.2 Å². The number of hydrogen-bond acceptors (Lipinski definition) is 4. The van der Waals surface area contributed by atoms with Crippen LogP contribution in [0, 0.1) is 5.41 Å². The molecule has 0 spiro atoms. The second-order valence-corrected chi connectivity index (χ2v) is 6.38. The normalized spacial score (nSPS) is 19.9. The molecule has 1 saturated carbocycles. The van der Waals surface area contributed by atoms with Gasteiger partial charge in [0.25, 0.3) is 0 Å². The molecule has 2 rings (SSSR count). The summed E-state index contributed by atoms with van der Waals surface area (Å²) < 4.78 is 1.74. The second kappa shape index (κ2) is 7.00. The summed E-state index contributed by atoms with van der Waals surface area (Å²) in [5.74, 6) is 0.386. The first-order valence-corrected chi connectivity index (χ1v) is 8.08. The van der Waals surface area contributed by atoms with Crippen LogP contribution in [-0.2, 0) is 11.3 Å². The summed E-state index contributed by atoms with van der Waals surface area (Å²) in [7, 11) is 0. The Morgan fingerprint density at radius 2 is 2.00 bits per heavy atom. The van der Waals surface area contributed by atoms with Crippen LogP contribution in [0.3, 0.4) is 0 Å². The van der Waals surface area contributed by atoms with Gasteiger partial charge in [0.2, 0.25) is 0 Å². The van der Waals surface area contributed by atoms with E-state index in [-0.39, 0.29) is 5.92 Å². The van der Waals surface area contributed by atoms with E-state index in [1.54, 1.807) is 4.68 Å². The number of tetrazole rings is 1. The van der Waals surface area contributed by atoms with Crippen molar-refractivity contribution in [2.45, 2.75) is 77.7 Å². The predicted octanol–water partition coefficient (Wildman–Crippen LogP) is 3.00. The Morgan fingerprint density at radius 3 is 2.57 bits per heavy atom. The summed E-state index contributed by atoms with van der Waals surface area (Å²) in [5, 5.41) is 21.7. The van der Waals surface area contributed by atoms with Crippen LogP contribution in [0.1, 0.15) is 77.0 Å². The number of rotatable bonds is 6. The van der Waals surface area contributed by atoms with E-state index >= 15 is 0 Å². The number of aromatic nitrogens is 4. The summed E-state index contributed by atoms with van der Waals surface area (Å²) in [4.78, 5) is 11.9. The van der Waals surface area contributed by atoms with E-state index in [9.17, 15) is 9.90 Å². The molecule has 0 saturated heterocycles. The molecular weight excluding hydrogens is 268 g/mol.